The molecule has 1 N–H and O–H groups in total. The molecule has 1 fully saturated rings. The van der Waals surface area contributed by atoms with Gasteiger partial charge in [0.1, 0.15) is 5.52 Å². The topological polar surface area (TPSA) is 92.8 Å². The van der Waals surface area contributed by atoms with E-state index in [4.69, 9.17) is 4.42 Å². The van der Waals surface area contributed by atoms with Gasteiger partial charge in [0.2, 0.25) is 5.95 Å². The highest BCUT2D eigenvalue weighted by Gasteiger charge is 2.18. The predicted molar refractivity (Wildman–Crippen MR) is 101 cm³/mol. The number of rotatable bonds is 3. The molecular formula is C19H18N6O2. The molecule has 3 aromatic heterocycles. The van der Waals surface area contributed by atoms with Gasteiger partial charge in [-0.15, -0.1) is 0 Å². The van der Waals surface area contributed by atoms with Crippen molar-refractivity contribution < 1.29 is 4.42 Å². The number of H-pyrrole nitrogens is 1. The van der Waals surface area contributed by atoms with Crippen LogP contribution >= 0.6 is 0 Å². The summed E-state index contributed by atoms with van der Waals surface area (Å²) >= 11 is 0. The first-order chi connectivity index (χ1) is 13.2. The quantitative estimate of drug-likeness (QED) is 0.602. The number of anilines is 1. The van der Waals surface area contributed by atoms with Gasteiger partial charge in [0.15, 0.2) is 5.58 Å². The van der Waals surface area contributed by atoms with Gasteiger partial charge in [-0.25, -0.2) is 9.97 Å². The number of fused-ring (bicyclic) bond motifs is 1. The first kappa shape index (κ1) is 15.8. The van der Waals surface area contributed by atoms with E-state index in [1.807, 2.05) is 31.2 Å². The van der Waals surface area contributed by atoms with Gasteiger partial charge in [0.25, 0.3) is 5.56 Å². The molecule has 0 atom stereocenters. The highest BCUT2D eigenvalue weighted by molar-refractivity contribution is 5.73. The van der Waals surface area contributed by atoms with E-state index < -0.39 is 0 Å². The minimum absolute atomic E-state index is 0.208. The van der Waals surface area contributed by atoms with E-state index in [9.17, 15) is 4.79 Å². The van der Waals surface area contributed by atoms with Crippen LogP contribution in [-0.4, -0.2) is 37.8 Å². The van der Waals surface area contributed by atoms with E-state index in [-0.39, 0.29) is 11.6 Å². The molecular weight excluding hydrogens is 344 g/mol. The lowest BCUT2D eigenvalue weighted by atomic mass is 10.2. The number of aromatic nitrogens is 5. The summed E-state index contributed by atoms with van der Waals surface area (Å²) in [5.41, 5.74) is 3.31. The summed E-state index contributed by atoms with van der Waals surface area (Å²) in [6.07, 6.45) is 4.10. The van der Waals surface area contributed by atoms with Crippen LogP contribution in [0.15, 0.2) is 45.7 Å². The Hall–Kier alpha value is -3.42. The van der Waals surface area contributed by atoms with E-state index in [1.54, 1.807) is 6.20 Å². The monoisotopic (exact) mass is 362 g/mol. The highest BCUT2D eigenvalue weighted by atomic mass is 16.4. The minimum atomic E-state index is -0.250. The number of nitrogens with one attached hydrogen (secondary N) is 1. The van der Waals surface area contributed by atoms with E-state index in [0.717, 1.165) is 30.3 Å². The molecule has 0 amide bonds. The SMILES string of the molecule is Cc1nc(N2CCCC2)ncc1-c1cc(=O)n(-c2nc3ccccc3o2)[nH]1. The van der Waals surface area contributed by atoms with E-state index in [0.29, 0.717) is 16.8 Å². The largest absolute Gasteiger partial charge is 0.422 e. The Labute approximate surface area is 154 Å². The number of oxazole rings is 1. The van der Waals surface area contributed by atoms with Gasteiger partial charge in [-0.05, 0) is 31.9 Å². The van der Waals surface area contributed by atoms with Crippen molar-refractivity contribution in [2.75, 3.05) is 18.0 Å². The second kappa shape index (κ2) is 6.08. The number of para-hydroxylation sites is 2. The number of hydrogen-bond acceptors (Lipinski definition) is 6. The molecule has 4 aromatic rings. The standard InChI is InChI=1S/C19H18N6O2/c1-12-13(11-20-18(21-12)24-8-4-5-9-24)15-10-17(26)25(23-15)19-22-14-6-2-3-7-16(14)27-19/h2-3,6-7,10-11,23H,4-5,8-9H2,1H3. The molecule has 27 heavy (non-hydrogen) atoms. The van der Waals surface area contributed by atoms with Gasteiger partial charge in [-0.2, -0.15) is 9.67 Å². The number of nitrogens with zero attached hydrogens (tertiary/aromatic N) is 5. The number of aromatic amines is 1. The lowest BCUT2D eigenvalue weighted by molar-refractivity contribution is 0.537. The first-order valence-corrected chi connectivity index (χ1v) is 8.96. The Balaban J connectivity index is 1.53. The summed E-state index contributed by atoms with van der Waals surface area (Å²) in [5.74, 6) is 0.745. The van der Waals surface area contributed by atoms with Gasteiger partial charge in [0, 0.05) is 30.9 Å². The first-order valence-electron chi connectivity index (χ1n) is 8.96. The van der Waals surface area contributed by atoms with Crippen LogP contribution in [-0.2, 0) is 0 Å². The van der Waals surface area contributed by atoms with Crippen LogP contribution in [0.2, 0.25) is 0 Å². The lowest BCUT2D eigenvalue weighted by Gasteiger charge is -2.15. The summed E-state index contributed by atoms with van der Waals surface area (Å²) in [6, 6.07) is 9.11. The van der Waals surface area contributed by atoms with Crippen molar-refractivity contribution in [1.29, 1.82) is 0 Å². The Morgan fingerprint density at radius 2 is 1.96 bits per heavy atom. The Bertz CT molecular complexity index is 1150. The number of aryl methyl sites for hydroxylation is 1. The molecule has 8 heteroatoms. The second-order valence-electron chi connectivity index (χ2n) is 6.67. The van der Waals surface area contributed by atoms with Gasteiger partial charge in [-0.1, -0.05) is 12.1 Å². The molecule has 8 nitrogen and oxygen atoms in total. The molecule has 4 heterocycles. The second-order valence-corrected chi connectivity index (χ2v) is 6.67. The van der Waals surface area contributed by atoms with Gasteiger partial charge < -0.3 is 9.32 Å². The maximum Gasteiger partial charge on any atom is 0.325 e. The predicted octanol–water partition coefficient (Wildman–Crippen LogP) is 2.67. The van der Waals surface area contributed by atoms with Gasteiger partial charge in [0.05, 0.1) is 11.4 Å². The van der Waals surface area contributed by atoms with Gasteiger partial charge >= 0.3 is 6.01 Å². The Morgan fingerprint density at radius 1 is 1.15 bits per heavy atom. The zero-order valence-corrected chi connectivity index (χ0v) is 14.8. The smallest absolute Gasteiger partial charge is 0.325 e. The number of hydrogen-bond donors (Lipinski definition) is 1. The molecule has 0 bridgehead atoms. The maximum atomic E-state index is 12.5. The molecule has 0 radical (unpaired) electrons. The van der Waals surface area contributed by atoms with Crippen molar-refractivity contribution >= 4 is 17.0 Å². The van der Waals surface area contributed by atoms with Crippen molar-refractivity contribution in [3.8, 4) is 17.3 Å². The molecule has 5 rings (SSSR count). The molecule has 0 unspecified atom stereocenters. The van der Waals surface area contributed by atoms with Crippen molar-refractivity contribution in [2.45, 2.75) is 19.8 Å². The van der Waals surface area contributed by atoms with E-state index >= 15 is 0 Å². The minimum Gasteiger partial charge on any atom is -0.422 e. The molecule has 1 aliphatic rings. The van der Waals surface area contributed by atoms with Gasteiger partial charge in [-0.3, -0.25) is 9.89 Å². The molecule has 1 saturated heterocycles. The average molecular weight is 362 g/mol. The average Bonchev–Trinajstić information content (AvgIpc) is 3.40. The van der Waals surface area contributed by atoms with Crippen LogP contribution in [0.1, 0.15) is 18.5 Å². The highest BCUT2D eigenvalue weighted by Crippen LogP contribution is 2.23. The maximum absolute atomic E-state index is 12.5. The molecule has 0 aliphatic carbocycles. The van der Waals surface area contributed by atoms with Crippen molar-refractivity contribution in [3.63, 3.8) is 0 Å². The molecule has 1 aliphatic heterocycles. The summed E-state index contributed by atoms with van der Waals surface area (Å²) in [7, 11) is 0. The van der Waals surface area contributed by atoms with Crippen molar-refractivity contribution in [2.24, 2.45) is 0 Å². The normalized spacial score (nSPS) is 14.3. The van der Waals surface area contributed by atoms with Crippen LogP contribution < -0.4 is 10.5 Å². The fourth-order valence-corrected chi connectivity index (χ4v) is 3.42. The fraction of sp³-hybridized carbons (Fsp3) is 0.263. The summed E-state index contributed by atoms with van der Waals surface area (Å²) in [4.78, 5) is 28.1. The lowest BCUT2D eigenvalue weighted by Crippen LogP contribution is -2.20. The molecule has 0 spiro atoms. The van der Waals surface area contributed by atoms with Crippen LogP contribution in [0.4, 0.5) is 5.95 Å². The van der Waals surface area contributed by atoms with Crippen molar-refractivity contribution in [3.05, 3.63) is 52.6 Å². The zero-order chi connectivity index (χ0) is 18.4. The molecule has 136 valence electrons. The van der Waals surface area contributed by atoms with Crippen molar-refractivity contribution in [1.82, 2.24) is 24.7 Å². The summed E-state index contributed by atoms with van der Waals surface area (Å²) in [6.45, 7) is 3.90. The van der Waals surface area contributed by atoms with Crippen LogP contribution in [0.3, 0.4) is 0 Å². The van der Waals surface area contributed by atoms with E-state index in [2.05, 4.69) is 25.0 Å². The third-order valence-corrected chi connectivity index (χ3v) is 4.84. The van der Waals surface area contributed by atoms with Crippen LogP contribution in [0.5, 0.6) is 0 Å². The summed E-state index contributed by atoms with van der Waals surface area (Å²) in [5, 5.41) is 3.06. The Morgan fingerprint density at radius 3 is 2.74 bits per heavy atom. The molecule has 0 saturated carbocycles. The third-order valence-electron chi connectivity index (χ3n) is 4.84. The van der Waals surface area contributed by atoms with Crippen LogP contribution in [0, 0.1) is 6.92 Å². The van der Waals surface area contributed by atoms with Crippen LogP contribution in [0.25, 0.3) is 28.4 Å². The zero-order valence-electron chi connectivity index (χ0n) is 14.8. The molecule has 1 aromatic carbocycles. The number of benzene rings is 1. The van der Waals surface area contributed by atoms with E-state index in [1.165, 1.54) is 23.6 Å². The Kier molecular flexibility index (Phi) is 3.56. The fourth-order valence-electron chi connectivity index (χ4n) is 3.42. The summed E-state index contributed by atoms with van der Waals surface area (Å²) < 4.78 is 6.98. The third kappa shape index (κ3) is 2.69.